The number of hydrogen-bond donors (Lipinski definition) is 0. The summed E-state index contributed by atoms with van der Waals surface area (Å²) in [6.07, 6.45) is 5.00. The van der Waals surface area contributed by atoms with Crippen molar-refractivity contribution in [3.63, 3.8) is 0 Å². The molecule has 0 saturated heterocycles. The molecular weight excluding hydrogens is 263 g/mol. The molecule has 0 spiro atoms. The Morgan fingerprint density at radius 1 is 1.25 bits per heavy atom. The first-order valence-electron chi connectivity index (χ1n) is 1.32. The van der Waals surface area contributed by atoms with E-state index < -0.39 is 0 Å². The first-order chi connectivity index (χ1) is 1.50. The van der Waals surface area contributed by atoms with Crippen LogP contribution in [0, 0.1) is 50.5 Å². The molecule has 0 nitrogen and oxygen atoms in total. The predicted molar refractivity (Wildman–Crippen MR) is 13.5 cm³/mol. The van der Waals surface area contributed by atoms with E-state index >= 15 is 0 Å². The van der Waals surface area contributed by atoms with E-state index in [9.17, 15) is 0 Å². The Bertz CT molecular complexity index is 8.00. The second kappa shape index (κ2) is 2.67. The Hall–Kier alpha value is 1.44. The topological polar surface area (TPSA) is 0 Å². The molecule has 1 rings (SSSR count). The van der Waals surface area contributed by atoms with Crippen LogP contribution in [0.1, 0.15) is 12.8 Å². The van der Waals surface area contributed by atoms with Crippen LogP contribution in [0.4, 0.5) is 0 Å². The van der Waals surface area contributed by atoms with Gasteiger partial charge in [0.1, 0.15) is 0 Å². The fraction of sp³-hybridized carbons (Fsp3) is 0.667. The van der Waals surface area contributed by atoms with E-state index in [-0.39, 0.29) is 44.1 Å². The minimum Gasteiger partial charge on any atom is -0.333 e. The van der Waals surface area contributed by atoms with Crippen molar-refractivity contribution in [1.82, 2.24) is 0 Å². The van der Waals surface area contributed by atoms with Crippen molar-refractivity contribution in [1.29, 1.82) is 0 Å². The summed E-state index contributed by atoms with van der Waals surface area (Å²) in [5, 5.41) is 0. The van der Waals surface area contributed by atoms with Crippen LogP contribution in [0.2, 0.25) is 0 Å². The molecular formula is C3H5Ac-. The molecule has 0 unspecified atom stereocenters. The molecule has 1 aliphatic rings. The van der Waals surface area contributed by atoms with Crippen molar-refractivity contribution in [2.45, 2.75) is 12.8 Å². The average Bonchev–Trinajstić information content (AvgIpc) is 1.46. The maximum absolute atomic E-state index is 2.25. The second-order valence-corrected chi connectivity index (χ2v) is 0.866. The van der Waals surface area contributed by atoms with Crippen molar-refractivity contribution in [2.75, 3.05) is 0 Å². The van der Waals surface area contributed by atoms with Crippen LogP contribution in [0.5, 0.6) is 0 Å². The molecule has 0 N–H and O–H groups in total. The molecule has 21 valence electrons. The smallest absolute Gasteiger partial charge is 0 e. The van der Waals surface area contributed by atoms with Crippen LogP contribution >= 0.6 is 0 Å². The fourth-order valence-electron chi connectivity index (χ4n) is 0. The van der Waals surface area contributed by atoms with Gasteiger partial charge in [-0.2, -0.15) is 0 Å². The summed E-state index contributed by atoms with van der Waals surface area (Å²) < 4.78 is 0. The Balaban J connectivity index is 0.0000000900. The minimum absolute atomic E-state index is 0. The molecule has 0 aromatic rings. The SMILES string of the molecule is [Ac].[CH-]1CC1. The average molecular weight is 268 g/mol. The largest absolute Gasteiger partial charge is 0.333 e. The van der Waals surface area contributed by atoms with Crippen LogP contribution in [0.25, 0.3) is 0 Å². The van der Waals surface area contributed by atoms with E-state index in [1.807, 2.05) is 0 Å². The van der Waals surface area contributed by atoms with Gasteiger partial charge in [0.15, 0.2) is 0 Å². The maximum atomic E-state index is 2.25. The first-order valence-corrected chi connectivity index (χ1v) is 1.32. The quantitative estimate of drug-likeness (QED) is 0.575. The van der Waals surface area contributed by atoms with Gasteiger partial charge in [-0.05, 0) is 0 Å². The van der Waals surface area contributed by atoms with Crippen molar-refractivity contribution < 1.29 is 44.1 Å². The first kappa shape index (κ1) is 5.44. The fourth-order valence-corrected chi connectivity index (χ4v) is 0. The minimum atomic E-state index is 0. The van der Waals surface area contributed by atoms with Crippen LogP contribution in [-0.4, -0.2) is 0 Å². The molecule has 1 heteroatoms. The van der Waals surface area contributed by atoms with Crippen molar-refractivity contribution in [2.24, 2.45) is 0 Å². The molecule has 0 atom stereocenters. The van der Waals surface area contributed by atoms with Gasteiger partial charge in [-0.3, -0.25) is 0 Å². The summed E-state index contributed by atoms with van der Waals surface area (Å²) in [6, 6.07) is 0. The van der Waals surface area contributed by atoms with E-state index in [1.165, 1.54) is 12.8 Å². The molecule has 0 aromatic carbocycles. The van der Waals surface area contributed by atoms with E-state index in [1.54, 1.807) is 0 Å². The summed E-state index contributed by atoms with van der Waals surface area (Å²) >= 11 is 0. The monoisotopic (exact) mass is 268 g/mol. The van der Waals surface area contributed by atoms with Gasteiger partial charge in [0, 0.05) is 44.1 Å². The van der Waals surface area contributed by atoms with Gasteiger partial charge in [-0.15, -0.1) is 0 Å². The molecule has 1 aliphatic carbocycles. The zero-order chi connectivity index (χ0) is 2.12. The molecule has 0 aromatic heterocycles. The molecule has 0 amide bonds. The van der Waals surface area contributed by atoms with E-state index in [0.717, 1.165) is 0 Å². The van der Waals surface area contributed by atoms with Crippen LogP contribution in [0.15, 0.2) is 0 Å². The predicted octanol–water partition coefficient (Wildman–Crippen LogP) is 0.984. The Labute approximate surface area is 62.5 Å². The van der Waals surface area contributed by atoms with Gasteiger partial charge >= 0.3 is 0 Å². The van der Waals surface area contributed by atoms with Crippen LogP contribution in [-0.2, 0) is 0 Å². The third kappa shape index (κ3) is 3.44. The van der Waals surface area contributed by atoms with Gasteiger partial charge in [-0.1, -0.05) is 0 Å². The van der Waals surface area contributed by atoms with Gasteiger partial charge in [0.05, 0.1) is 0 Å². The van der Waals surface area contributed by atoms with E-state index in [0.29, 0.717) is 0 Å². The summed E-state index contributed by atoms with van der Waals surface area (Å²) in [6.45, 7) is 0. The number of hydrogen-bond acceptors (Lipinski definition) is 0. The Morgan fingerprint density at radius 3 is 1.50 bits per heavy atom. The molecule has 1 saturated carbocycles. The third-order valence-corrected chi connectivity index (χ3v) is 0.289. The van der Waals surface area contributed by atoms with Crippen LogP contribution < -0.4 is 0 Å². The van der Waals surface area contributed by atoms with Crippen molar-refractivity contribution in [3.8, 4) is 0 Å². The normalized spacial score (nSPS) is 18.0. The van der Waals surface area contributed by atoms with Gasteiger partial charge in [-0.25, -0.2) is 12.8 Å². The maximum Gasteiger partial charge on any atom is 0 e. The summed E-state index contributed by atoms with van der Waals surface area (Å²) in [4.78, 5) is 0. The zero-order valence-electron chi connectivity index (χ0n) is 2.57. The molecule has 0 aliphatic heterocycles. The summed E-state index contributed by atoms with van der Waals surface area (Å²) in [5.74, 6) is 0. The summed E-state index contributed by atoms with van der Waals surface area (Å²) in [5.41, 5.74) is 0. The standard InChI is InChI=1S/C3H5.Ac/c1-2-3-1;/h1H,2-3H2;/q-1;. The zero-order valence-corrected chi connectivity index (χ0v) is 7.31. The van der Waals surface area contributed by atoms with E-state index in [2.05, 4.69) is 6.42 Å². The van der Waals surface area contributed by atoms with Gasteiger partial charge < -0.3 is 6.42 Å². The van der Waals surface area contributed by atoms with Crippen molar-refractivity contribution in [3.05, 3.63) is 6.42 Å². The molecule has 1 fully saturated rings. The van der Waals surface area contributed by atoms with Crippen molar-refractivity contribution >= 4 is 0 Å². The van der Waals surface area contributed by atoms with Crippen LogP contribution in [0.3, 0.4) is 0 Å². The third-order valence-electron chi connectivity index (χ3n) is 0.289. The molecule has 0 heterocycles. The molecule has 0 bridgehead atoms. The van der Waals surface area contributed by atoms with Gasteiger partial charge in [0.2, 0.25) is 0 Å². The molecule has 1 radical (unpaired) electrons. The summed E-state index contributed by atoms with van der Waals surface area (Å²) in [7, 11) is 0. The Kier molecular flexibility index (Phi) is 3.63. The van der Waals surface area contributed by atoms with Gasteiger partial charge in [0.25, 0.3) is 0 Å². The second-order valence-electron chi connectivity index (χ2n) is 0.866. The Morgan fingerprint density at radius 2 is 1.50 bits per heavy atom. The number of rotatable bonds is 0. The molecule has 4 heavy (non-hydrogen) atoms. The van der Waals surface area contributed by atoms with E-state index in [4.69, 9.17) is 0 Å².